The quantitative estimate of drug-likeness (QED) is 0.889. The maximum Gasteiger partial charge on any atom is 0.335 e. The van der Waals surface area contributed by atoms with E-state index in [1.54, 1.807) is 23.5 Å². The summed E-state index contributed by atoms with van der Waals surface area (Å²) in [5, 5.41) is 10.2. The van der Waals surface area contributed by atoms with Crippen molar-refractivity contribution >= 4 is 27.5 Å². The molecule has 3 nitrogen and oxygen atoms in total. The van der Waals surface area contributed by atoms with Crippen LogP contribution in [0.3, 0.4) is 0 Å². The number of carboxylic acids is 1. The summed E-state index contributed by atoms with van der Waals surface area (Å²) < 4.78 is 0.994. The van der Waals surface area contributed by atoms with Gasteiger partial charge >= 0.3 is 5.97 Å². The lowest BCUT2D eigenvalue weighted by Crippen LogP contribution is -2.10. The zero-order chi connectivity index (χ0) is 13.4. The van der Waals surface area contributed by atoms with Crippen molar-refractivity contribution in [1.29, 1.82) is 0 Å². The number of benzene rings is 1. The molecule has 1 heterocycles. The third-order valence-electron chi connectivity index (χ3n) is 4.02. The molecule has 0 atom stereocenters. The minimum Gasteiger partial charge on any atom is -0.478 e. The average molecular weight is 275 g/mol. The summed E-state index contributed by atoms with van der Waals surface area (Å²) in [6, 6.07) is 5.20. The maximum atomic E-state index is 11.0. The number of aromatic nitrogens is 1. The summed E-state index contributed by atoms with van der Waals surface area (Å²) in [6.07, 6.45) is 4.99. The van der Waals surface area contributed by atoms with E-state index in [0.717, 1.165) is 16.1 Å². The van der Waals surface area contributed by atoms with Crippen LogP contribution in [0.25, 0.3) is 10.2 Å². The van der Waals surface area contributed by atoms with Crippen LogP contribution >= 0.6 is 11.3 Å². The Bertz CT molecular complexity index is 612. The molecule has 3 rings (SSSR count). The number of carbonyl (C=O) groups is 1. The van der Waals surface area contributed by atoms with Crippen molar-refractivity contribution < 1.29 is 9.90 Å². The van der Waals surface area contributed by atoms with Crippen molar-refractivity contribution in [2.75, 3.05) is 0 Å². The molecule has 0 unspecified atom stereocenters. The minimum absolute atomic E-state index is 0.347. The number of carboxylic acid groups (broad SMARTS) is 1. The molecule has 0 bridgehead atoms. The largest absolute Gasteiger partial charge is 0.478 e. The zero-order valence-corrected chi connectivity index (χ0v) is 11.7. The summed E-state index contributed by atoms with van der Waals surface area (Å²) in [4.78, 5) is 15.7. The Kier molecular flexibility index (Phi) is 3.27. The molecule has 0 saturated heterocycles. The number of nitrogens with zero attached hydrogens (tertiary/aromatic N) is 1. The van der Waals surface area contributed by atoms with Crippen LogP contribution in [0, 0.1) is 5.92 Å². The molecule has 1 aliphatic rings. The molecule has 0 aliphatic heterocycles. The topological polar surface area (TPSA) is 50.2 Å². The summed E-state index contributed by atoms with van der Waals surface area (Å²) in [5.41, 5.74) is 1.28. The molecule has 100 valence electrons. The fraction of sp³-hybridized carbons (Fsp3) is 0.467. The highest BCUT2D eigenvalue weighted by Crippen LogP contribution is 2.38. The van der Waals surface area contributed by atoms with Gasteiger partial charge in [-0.1, -0.05) is 19.8 Å². The van der Waals surface area contributed by atoms with Crippen LogP contribution < -0.4 is 0 Å². The van der Waals surface area contributed by atoms with Crippen molar-refractivity contribution in [2.45, 2.75) is 38.5 Å². The smallest absolute Gasteiger partial charge is 0.335 e. The Morgan fingerprint density at radius 3 is 2.74 bits per heavy atom. The average Bonchev–Trinajstić information content (AvgIpc) is 2.82. The Hall–Kier alpha value is -1.42. The summed E-state index contributed by atoms with van der Waals surface area (Å²) in [7, 11) is 0. The van der Waals surface area contributed by atoms with Gasteiger partial charge in [-0.05, 0) is 37.0 Å². The molecule has 1 aromatic heterocycles. The van der Waals surface area contributed by atoms with E-state index in [1.165, 1.54) is 30.7 Å². The van der Waals surface area contributed by atoms with E-state index in [-0.39, 0.29) is 0 Å². The fourth-order valence-corrected chi connectivity index (χ4v) is 3.93. The van der Waals surface area contributed by atoms with E-state index in [1.807, 2.05) is 6.07 Å². The predicted molar refractivity (Wildman–Crippen MR) is 77.0 cm³/mol. The molecule has 1 saturated carbocycles. The van der Waals surface area contributed by atoms with Gasteiger partial charge in [0.25, 0.3) is 0 Å². The number of aromatic carboxylic acids is 1. The lowest BCUT2D eigenvalue weighted by atomic mass is 9.83. The maximum absolute atomic E-state index is 11.0. The lowest BCUT2D eigenvalue weighted by molar-refractivity contribution is 0.0697. The molecule has 0 radical (unpaired) electrons. The summed E-state index contributed by atoms with van der Waals surface area (Å²) in [5.74, 6) is 0.537. The zero-order valence-electron chi connectivity index (χ0n) is 10.9. The second kappa shape index (κ2) is 4.93. The van der Waals surface area contributed by atoms with E-state index in [0.29, 0.717) is 11.5 Å². The van der Waals surface area contributed by atoms with Crippen molar-refractivity contribution in [3.63, 3.8) is 0 Å². The van der Waals surface area contributed by atoms with Gasteiger partial charge in [-0.2, -0.15) is 0 Å². The third-order valence-corrected chi connectivity index (χ3v) is 5.20. The standard InChI is InChI=1S/C15H17NO2S/c1-9-2-4-10(5-3-9)14-16-12-7-6-11(15(17)18)8-13(12)19-14/h6-10H,2-5H2,1H3,(H,17,18). The first kappa shape index (κ1) is 12.6. The van der Waals surface area contributed by atoms with Crippen molar-refractivity contribution in [3.8, 4) is 0 Å². The van der Waals surface area contributed by atoms with Gasteiger partial charge in [0.1, 0.15) is 0 Å². The number of hydrogen-bond donors (Lipinski definition) is 1. The predicted octanol–water partition coefficient (Wildman–Crippen LogP) is 4.29. The van der Waals surface area contributed by atoms with Crippen molar-refractivity contribution in [2.24, 2.45) is 5.92 Å². The van der Waals surface area contributed by atoms with Crippen LogP contribution in [0.15, 0.2) is 18.2 Å². The molecule has 0 spiro atoms. The van der Waals surface area contributed by atoms with Crippen LogP contribution in [0.4, 0.5) is 0 Å². The molecular weight excluding hydrogens is 258 g/mol. The van der Waals surface area contributed by atoms with E-state index in [2.05, 4.69) is 11.9 Å². The highest BCUT2D eigenvalue weighted by molar-refractivity contribution is 7.18. The normalized spacial score (nSPS) is 23.6. The van der Waals surface area contributed by atoms with E-state index >= 15 is 0 Å². The molecule has 0 amide bonds. The van der Waals surface area contributed by atoms with Gasteiger partial charge in [-0.15, -0.1) is 11.3 Å². The number of hydrogen-bond acceptors (Lipinski definition) is 3. The lowest BCUT2D eigenvalue weighted by Gasteiger charge is -2.24. The van der Waals surface area contributed by atoms with Gasteiger partial charge in [-0.25, -0.2) is 9.78 Å². The van der Waals surface area contributed by atoms with Gasteiger partial charge in [-0.3, -0.25) is 0 Å². The highest BCUT2D eigenvalue weighted by atomic mass is 32.1. The second-order valence-electron chi connectivity index (χ2n) is 5.50. The Morgan fingerprint density at radius 1 is 1.32 bits per heavy atom. The van der Waals surface area contributed by atoms with Gasteiger partial charge in [0.2, 0.25) is 0 Å². The molecular formula is C15H17NO2S. The summed E-state index contributed by atoms with van der Waals surface area (Å²) >= 11 is 1.66. The van der Waals surface area contributed by atoms with Crippen molar-refractivity contribution in [3.05, 3.63) is 28.8 Å². The van der Waals surface area contributed by atoms with Gasteiger partial charge in [0.05, 0.1) is 20.8 Å². The van der Waals surface area contributed by atoms with Crippen LogP contribution in [0.2, 0.25) is 0 Å². The van der Waals surface area contributed by atoms with E-state index in [4.69, 9.17) is 5.11 Å². The van der Waals surface area contributed by atoms with Crippen LogP contribution in [-0.2, 0) is 0 Å². The van der Waals surface area contributed by atoms with Crippen LogP contribution in [-0.4, -0.2) is 16.1 Å². The van der Waals surface area contributed by atoms with Crippen LogP contribution in [0.1, 0.15) is 53.9 Å². The number of fused-ring (bicyclic) bond motifs is 1. The molecule has 1 fully saturated rings. The molecule has 1 aliphatic carbocycles. The van der Waals surface area contributed by atoms with Gasteiger partial charge < -0.3 is 5.11 Å². The molecule has 1 aromatic carbocycles. The van der Waals surface area contributed by atoms with Gasteiger partial charge in [0, 0.05) is 5.92 Å². The number of thiazole rings is 1. The molecule has 19 heavy (non-hydrogen) atoms. The van der Waals surface area contributed by atoms with Crippen LogP contribution in [0.5, 0.6) is 0 Å². The Morgan fingerprint density at radius 2 is 2.05 bits per heavy atom. The second-order valence-corrected chi connectivity index (χ2v) is 6.56. The Labute approximate surface area is 116 Å². The van der Waals surface area contributed by atoms with Crippen molar-refractivity contribution in [1.82, 2.24) is 4.98 Å². The minimum atomic E-state index is -0.872. The first-order chi connectivity index (χ1) is 9.13. The molecule has 2 aromatic rings. The SMILES string of the molecule is CC1CCC(c2nc3ccc(C(=O)O)cc3s2)CC1. The fourth-order valence-electron chi connectivity index (χ4n) is 2.76. The first-order valence-electron chi connectivity index (χ1n) is 6.77. The number of rotatable bonds is 2. The Balaban J connectivity index is 1.91. The highest BCUT2D eigenvalue weighted by Gasteiger charge is 2.22. The first-order valence-corrected chi connectivity index (χ1v) is 7.59. The van der Waals surface area contributed by atoms with Gasteiger partial charge in [0.15, 0.2) is 0 Å². The van der Waals surface area contributed by atoms with E-state index < -0.39 is 5.97 Å². The molecule has 1 N–H and O–H groups in total. The summed E-state index contributed by atoms with van der Waals surface area (Å²) in [6.45, 7) is 2.31. The monoisotopic (exact) mass is 275 g/mol. The third kappa shape index (κ3) is 2.50. The molecule has 4 heteroatoms. The van der Waals surface area contributed by atoms with E-state index in [9.17, 15) is 4.79 Å².